The molecule has 1 unspecified atom stereocenters. The van der Waals surface area contributed by atoms with Crippen LogP contribution in [0.4, 0.5) is 0 Å². The van der Waals surface area contributed by atoms with Gasteiger partial charge in [-0.1, -0.05) is 0 Å². The van der Waals surface area contributed by atoms with Crippen LogP contribution in [-0.4, -0.2) is 39.7 Å². The van der Waals surface area contributed by atoms with Gasteiger partial charge in [0.15, 0.2) is 0 Å². The largest absolute Gasteiger partial charge is 0.477 e. The Morgan fingerprint density at radius 2 is 2.10 bits per heavy atom. The number of aromatic amines is 2. The van der Waals surface area contributed by atoms with Crippen molar-refractivity contribution in [1.29, 1.82) is 0 Å². The molecule has 4 N–H and O–H groups in total. The molecule has 0 aromatic carbocycles. The Hall–Kier alpha value is -2.20. The third kappa shape index (κ3) is 2.81. The summed E-state index contributed by atoms with van der Waals surface area (Å²) in [7, 11) is -3.89. The van der Waals surface area contributed by atoms with Crippen LogP contribution in [0, 0.1) is 13.8 Å². The van der Waals surface area contributed by atoms with Crippen molar-refractivity contribution in [2.45, 2.75) is 31.7 Å². The van der Waals surface area contributed by atoms with Gasteiger partial charge in [-0.25, -0.2) is 22.9 Å². The van der Waals surface area contributed by atoms with Gasteiger partial charge in [0, 0.05) is 11.3 Å². The third-order valence-corrected chi connectivity index (χ3v) is 4.84. The highest BCUT2D eigenvalue weighted by molar-refractivity contribution is 7.89. The van der Waals surface area contributed by atoms with E-state index in [4.69, 9.17) is 5.11 Å². The maximum atomic E-state index is 12.4. The summed E-state index contributed by atoms with van der Waals surface area (Å²) in [6.07, 6.45) is 1.27. The highest BCUT2D eigenvalue weighted by Gasteiger charge is 2.28. The predicted molar refractivity (Wildman–Crippen MR) is 72.3 cm³/mol. The second-order valence-corrected chi connectivity index (χ2v) is 6.25. The van der Waals surface area contributed by atoms with Crippen molar-refractivity contribution >= 4 is 16.0 Å². The first-order valence-corrected chi connectivity index (χ1v) is 7.52. The van der Waals surface area contributed by atoms with Crippen LogP contribution < -0.4 is 4.72 Å². The zero-order valence-electron chi connectivity index (χ0n) is 11.6. The molecule has 0 bridgehead atoms. The Balaban J connectivity index is 2.39. The molecule has 0 amide bonds. The molecule has 0 spiro atoms. The molecular weight excluding hydrogens is 298 g/mol. The SMILES string of the molecule is Cc1[nH]c(C(=O)O)c(C)c1S(=O)(=O)NC(C)c1ncn[nH]1. The Morgan fingerprint density at radius 3 is 2.57 bits per heavy atom. The smallest absolute Gasteiger partial charge is 0.352 e. The molecule has 2 aromatic heterocycles. The first-order chi connectivity index (χ1) is 9.74. The fourth-order valence-electron chi connectivity index (χ4n) is 2.12. The lowest BCUT2D eigenvalue weighted by atomic mass is 10.2. The summed E-state index contributed by atoms with van der Waals surface area (Å²) >= 11 is 0. The number of aromatic nitrogens is 4. The predicted octanol–water partition coefficient (Wildman–Crippen LogP) is 0.487. The molecule has 9 nitrogen and oxygen atoms in total. The number of hydrogen-bond acceptors (Lipinski definition) is 5. The van der Waals surface area contributed by atoms with E-state index in [1.54, 1.807) is 6.92 Å². The number of hydrogen-bond donors (Lipinski definition) is 4. The van der Waals surface area contributed by atoms with Crippen LogP contribution in [0.3, 0.4) is 0 Å². The van der Waals surface area contributed by atoms with E-state index in [9.17, 15) is 13.2 Å². The summed E-state index contributed by atoms with van der Waals surface area (Å²) < 4.78 is 27.3. The van der Waals surface area contributed by atoms with Crippen molar-refractivity contribution in [3.8, 4) is 0 Å². The molecule has 21 heavy (non-hydrogen) atoms. The Morgan fingerprint density at radius 1 is 1.43 bits per heavy atom. The molecule has 2 heterocycles. The summed E-state index contributed by atoms with van der Waals surface area (Å²) in [4.78, 5) is 17.4. The van der Waals surface area contributed by atoms with E-state index in [2.05, 4.69) is 24.9 Å². The van der Waals surface area contributed by atoms with Crippen molar-refractivity contribution in [2.24, 2.45) is 0 Å². The molecule has 114 valence electrons. The Bertz CT molecular complexity index is 763. The first kappa shape index (κ1) is 15.2. The van der Waals surface area contributed by atoms with Gasteiger partial charge in [-0.15, -0.1) is 0 Å². The van der Waals surface area contributed by atoms with Gasteiger partial charge in [0.25, 0.3) is 0 Å². The summed E-state index contributed by atoms with van der Waals surface area (Å²) in [6, 6.07) is -0.625. The number of rotatable bonds is 5. The fraction of sp³-hybridized carbons (Fsp3) is 0.364. The monoisotopic (exact) mass is 313 g/mol. The van der Waals surface area contributed by atoms with Crippen molar-refractivity contribution in [3.63, 3.8) is 0 Å². The molecule has 0 fully saturated rings. The zero-order chi connectivity index (χ0) is 15.8. The molecular formula is C11H15N5O4S. The van der Waals surface area contributed by atoms with Crippen LogP contribution in [0.25, 0.3) is 0 Å². The lowest BCUT2D eigenvalue weighted by Gasteiger charge is -2.12. The standard InChI is InChI=1S/C11H15N5O4S/c1-5-8(11(17)18)14-6(2)9(5)21(19,20)16-7(3)10-12-4-13-15-10/h4,7,14,16H,1-3H3,(H,17,18)(H,12,13,15). The molecule has 1 atom stereocenters. The van der Waals surface area contributed by atoms with Crippen LogP contribution in [0.5, 0.6) is 0 Å². The summed E-state index contributed by atoms with van der Waals surface area (Å²) in [6.45, 7) is 4.56. The first-order valence-electron chi connectivity index (χ1n) is 6.04. The van der Waals surface area contributed by atoms with Gasteiger partial charge in [0.2, 0.25) is 10.0 Å². The molecule has 0 saturated carbocycles. The highest BCUT2D eigenvalue weighted by Crippen LogP contribution is 2.24. The van der Waals surface area contributed by atoms with Gasteiger partial charge in [0.1, 0.15) is 22.7 Å². The van der Waals surface area contributed by atoms with Gasteiger partial charge < -0.3 is 10.1 Å². The number of nitrogens with zero attached hydrogens (tertiary/aromatic N) is 2. The molecule has 0 saturated heterocycles. The molecule has 10 heteroatoms. The number of carbonyl (C=O) groups is 1. The minimum Gasteiger partial charge on any atom is -0.477 e. The maximum Gasteiger partial charge on any atom is 0.352 e. The number of sulfonamides is 1. The Kier molecular flexibility index (Phi) is 3.83. The number of carboxylic acids is 1. The summed E-state index contributed by atoms with van der Waals surface area (Å²) in [5.74, 6) is -0.844. The molecule has 2 rings (SSSR count). The topological polar surface area (TPSA) is 141 Å². The van der Waals surface area contributed by atoms with E-state index in [1.165, 1.54) is 20.2 Å². The number of carboxylic acid groups (broad SMARTS) is 1. The second-order valence-electron chi connectivity index (χ2n) is 4.60. The second kappa shape index (κ2) is 5.30. The third-order valence-electron chi connectivity index (χ3n) is 3.03. The minimum atomic E-state index is -3.89. The molecule has 0 aliphatic carbocycles. The van der Waals surface area contributed by atoms with Crippen LogP contribution in [0.1, 0.15) is 40.5 Å². The van der Waals surface area contributed by atoms with Crippen molar-refractivity contribution in [1.82, 2.24) is 24.9 Å². The number of aromatic carboxylic acids is 1. The highest BCUT2D eigenvalue weighted by atomic mass is 32.2. The van der Waals surface area contributed by atoms with Crippen LogP contribution in [-0.2, 0) is 10.0 Å². The number of nitrogens with one attached hydrogen (secondary N) is 3. The number of aryl methyl sites for hydroxylation is 1. The van der Waals surface area contributed by atoms with E-state index < -0.39 is 22.0 Å². The van der Waals surface area contributed by atoms with E-state index in [0.717, 1.165) is 0 Å². The molecule has 0 aliphatic heterocycles. The van der Waals surface area contributed by atoms with Crippen LogP contribution in [0.15, 0.2) is 11.2 Å². The Labute approximate surface area is 120 Å². The lowest BCUT2D eigenvalue weighted by molar-refractivity contribution is 0.0690. The average Bonchev–Trinajstić information content (AvgIpc) is 2.96. The van der Waals surface area contributed by atoms with Crippen molar-refractivity contribution in [2.75, 3.05) is 0 Å². The van der Waals surface area contributed by atoms with Gasteiger partial charge in [-0.3, -0.25) is 5.10 Å². The van der Waals surface area contributed by atoms with Gasteiger partial charge in [-0.2, -0.15) is 5.10 Å². The summed E-state index contributed by atoms with van der Waals surface area (Å²) in [5.41, 5.74) is 0.291. The van der Waals surface area contributed by atoms with Gasteiger partial charge in [0.05, 0.1) is 6.04 Å². The fourth-order valence-corrected chi connectivity index (χ4v) is 3.78. The normalized spacial score (nSPS) is 13.3. The van der Waals surface area contributed by atoms with E-state index in [-0.39, 0.29) is 21.8 Å². The van der Waals surface area contributed by atoms with Crippen LogP contribution in [0.2, 0.25) is 0 Å². The van der Waals surface area contributed by atoms with Crippen molar-refractivity contribution < 1.29 is 18.3 Å². The van der Waals surface area contributed by atoms with E-state index in [1.807, 2.05) is 0 Å². The molecule has 0 aliphatic rings. The lowest BCUT2D eigenvalue weighted by Crippen LogP contribution is -2.28. The summed E-state index contributed by atoms with van der Waals surface area (Å²) in [5, 5.41) is 15.3. The molecule has 0 radical (unpaired) electrons. The molecule has 2 aromatic rings. The zero-order valence-corrected chi connectivity index (χ0v) is 12.4. The van der Waals surface area contributed by atoms with Gasteiger partial charge in [-0.05, 0) is 20.8 Å². The minimum absolute atomic E-state index is 0.0636. The van der Waals surface area contributed by atoms with E-state index >= 15 is 0 Å². The quantitative estimate of drug-likeness (QED) is 0.633. The van der Waals surface area contributed by atoms with Crippen molar-refractivity contribution in [3.05, 3.63) is 29.1 Å². The van der Waals surface area contributed by atoms with Crippen LogP contribution >= 0.6 is 0 Å². The number of H-pyrrole nitrogens is 2. The maximum absolute atomic E-state index is 12.4. The van der Waals surface area contributed by atoms with Gasteiger partial charge >= 0.3 is 5.97 Å². The van der Waals surface area contributed by atoms with E-state index in [0.29, 0.717) is 5.82 Å². The average molecular weight is 313 g/mol.